The number of piperidine rings is 2. The molecule has 3 unspecified atom stereocenters. The standard InChI is InChI=1S/C14H23N3O/c1-2-3-4-13-10-16-5-6-17(11-13)8-12(7-16)14(13,18)9-15/h12,18H,2-8,10-11H2,1H3. The van der Waals surface area contributed by atoms with Gasteiger partial charge in [-0.3, -0.25) is 0 Å². The Kier molecular flexibility index (Phi) is 2.89. The molecule has 0 aliphatic carbocycles. The number of fused-ring (bicyclic) bond motifs is 1. The Hall–Kier alpha value is -0.630. The molecule has 1 N–H and O–H groups in total. The molecule has 18 heavy (non-hydrogen) atoms. The van der Waals surface area contributed by atoms with Gasteiger partial charge in [0.2, 0.25) is 0 Å². The zero-order valence-electron chi connectivity index (χ0n) is 11.2. The molecular weight excluding hydrogens is 226 g/mol. The zero-order chi connectivity index (χ0) is 12.8. The monoisotopic (exact) mass is 249 g/mol. The number of aliphatic hydroxyl groups is 1. The lowest BCUT2D eigenvalue weighted by Crippen LogP contribution is -2.70. The Labute approximate surface area is 109 Å². The quantitative estimate of drug-likeness (QED) is 0.747. The van der Waals surface area contributed by atoms with Crippen LogP contribution >= 0.6 is 0 Å². The highest BCUT2D eigenvalue weighted by molar-refractivity contribution is 5.23. The van der Waals surface area contributed by atoms with Crippen LogP contribution in [0.5, 0.6) is 0 Å². The average Bonchev–Trinajstić information content (AvgIpc) is 2.62. The summed E-state index contributed by atoms with van der Waals surface area (Å²) in [6.45, 7) is 8.00. The number of unbranched alkanes of at least 4 members (excludes halogenated alkanes) is 1. The fraction of sp³-hybridized carbons (Fsp3) is 0.929. The van der Waals surface area contributed by atoms with Gasteiger partial charge < -0.3 is 14.9 Å². The second kappa shape index (κ2) is 4.19. The summed E-state index contributed by atoms with van der Waals surface area (Å²) in [6.07, 6.45) is 3.23. The molecule has 0 amide bonds. The lowest BCUT2D eigenvalue weighted by atomic mass is 9.59. The molecule has 4 aliphatic rings. The minimum atomic E-state index is -1.10. The maximum atomic E-state index is 11.0. The van der Waals surface area contributed by atoms with Crippen LogP contribution in [0.2, 0.25) is 0 Å². The van der Waals surface area contributed by atoms with E-state index in [0.717, 1.165) is 58.5 Å². The van der Waals surface area contributed by atoms with E-state index in [9.17, 15) is 10.4 Å². The molecule has 0 radical (unpaired) electrons. The van der Waals surface area contributed by atoms with Crippen molar-refractivity contribution in [3.63, 3.8) is 0 Å². The van der Waals surface area contributed by atoms with Crippen LogP contribution in [0.4, 0.5) is 0 Å². The predicted molar refractivity (Wildman–Crippen MR) is 68.9 cm³/mol. The van der Waals surface area contributed by atoms with Crippen LogP contribution in [0.3, 0.4) is 0 Å². The predicted octanol–water partition coefficient (Wildman–Crippen LogP) is 0.679. The average molecular weight is 249 g/mol. The number of nitrogens with zero attached hydrogens (tertiary/aromatic N) is 3. The third-order valence-electron chi connectivity index (χ3n) is 5.32. The first-order chi connectivity index (χ1) is 8.63. The number of nitriles is 1. The molecule has 3 atom stereocenters. The largest absolute Gasteiger partial charge is 0.374 e. The van der Waals surface area contributed by atoms with Gasteiger partial charge in [0.15, 0.2) is 5.60 Å². The maximum absolute atomic E-state index is 11.0. The fourth-order valence-corrected chi connectivity index (χ4v) is 4.35. The van der Waals surface area contributed by atoms with Crippen molar-refractivity contribution < 1.29 is 5.11 Å². The molecule has 4 nitrogen and oxygen atoms in total. The van der Waals surface area contributed by atoms with Gasteiger partial charge in [-0.05, 0) is 6.42 Å². The van der Waals surface area contributed by atoms with Crippen LogP contribution < -0.4 is 0 Å². The normalized spacial score (nSPS) is 49.9. The Morgan fingerprint density at radius 1 is 1.28 bits per heavy atom. The highest BCUT2D eigenvalue weighted by Gasteiger charge is 2.63. The van der Waals surface area contributed by atoms with E-state index >= 15 is 0 Å². The second-order valence-electron chi connectivity index (χ2n) is 6.43. The molecule has 4 heterocycles. The summed E-state index contributed by atoms with van der Waals surface area (Å²) >= 11 is 0. The van der Waals surface area contributed by atoms with Crippen molar-refractivity contribution in [2.24, 2.45) is 11.3 Å². The Morgan fingerprint density at radius 3 is 2.39 bits per heavy atom. The summed E-state index contributed by atoms with van der Waals surface area (Å²) in [6, 6.07) is 2.30. The van der Waals surface area contributed by atoms with Crippen LogP contribution in [0, 0.1) is 22.7 Å². The summed E-state index contributed by atoms with van der Waals surface area (Å²) < 4.78 is 0. The van der Waals surface area contributed by atoms with E-state index in [1.807, 2.05) is 0 Å². The van der Waals surface area contributed by atoms with Crippen LogP contribution in [0.25, 0.3) is 0 Å². The van der Waals surface area contributed by atoms with Gasteiger partial charge in [-0.1, -0.05) is 19.8 Å². The van der Waals surface area contributed by atoms with Gasteiger partial charge in [0.1, 0.15) is 0 Å². The molecule has 4 saturated heterocycles. The van der Waals surface area contributed by atoms with Crippen molar-refractivity contribution in [3.05, 3.63) is 0 Å². The third kappa shape index (κ3) is 1.54. The molecular formula is C14H23N3O. The van der Waals surface area contributed by atoms with Crippen molar-refractivity contribution in [3.8, 4) is 6.07 Å². The van der Waals surface area contributed by atoms with Crippen molar-refractivity contribution in [2.75, 3.05) is 39.3 Å². The minimum Gasteiger partial charge on any atom is -0.374 e. The van der Waals surface area contributed by atoms with Crippen LogP contribution in [-0.4, -0.2) is 59.8 Å². The molecule has 4 rings (SSSR count). The Morgan fingerprint density at radius 2 is 1.89 bits per heavy atom. The first kappa shape index (κ1) is 12.4. The first-order valence-electron chi connectivity index (χ1n) is 7.22. The summed E-state index contributed by atoms with van der Waals surface area (Å²) in [5, 5.41) is 20.6. The van der Waals surface area contributed by atoms with Crippen LogP contribution in [0.1, 0.15) is 26.2 Å². The van der Waals surface area contributed by atoms with E-state index < -0.39 is 5.60 Å². The van der Waals surface area contributed by atoms with Crippen LogP contribution in [0.15, 0.2) is 0 Å². The molecule has 100 valence electrons. The summed E-state index contributed by atoms with van der Waals surface area (Å²) in [4.78, 5) is 4.94. The maximum Gasteiger partial charge on any atom is 0.164 e. The summed E-state index contributed by atoms with van der Waals surface area (Å²) in [5.41, 5.74) is -1.31. The molecule has 0 aromatic rings. The van der Waals surface area contributed by atoms with Gasteiger partial charge in [0.05, 0.1) is 6.07 Å². The molecule has 4 heteroatoms. The van der Waals surface area contributed by atoms with Crippen molar-refractivity contribution >= 4 is 0 Å². The summed E-state index contributed by atoms with van der Waals surface area (Å²) in [5.74, 6) is 0.115. The van der Waals surface area contributed by atoms with Gasteiger partial charge in [0.25, 0.3) is 0 Å². The molecule has 0 saturated carbocycles. The topological polar surface area (TPSA) is 50.5 Å². The van der Waals surface area contributed by atoms with E-state index in [-0.39, 0.29) is 11.3 Å². The van der Waals surface area contributed by atoms with Crippen LogP contribution in [-0.2, 0) is 0 Å². The van der Waals surface area contributed by atoms with E-state index in [0.29, 0.717) is 0 Å². The third-order valence-corrected chi connectivity index (χ3v) is 5.32. The highest BCUT2D eigenvalue weighted by Crippen LogP contribution is 2.50. The minimum absolute atomic E-state index is 0.115. The van der Waals surface area contributed by atoms with Crippen molar-refractivity contribution in [2.45, 2.75) is 31.8 Å². The lowest BCUT2D eigenvalue weighted by molar-refractivity contribution is -0.167. The lowest BCUT2D eigenvalue weighted by Gasteiger charge is -2.57. The summed E-state index contributed by atoms with van der Waals surface area (Å²) in [7, 11) is 0. The van der Waals surface area contributed by atoms with Crippen molar-refractivity contribution in [1.82, 2.24) is 9.80 Å². The van der Waals surface area contributed by atoms with E-state index in [1.165, 1.54) is 0 Å². The zero-order valence-corrected chi connectivity index (χ0v) is 11.2. The van der Waals surface area contributed by atoms with E-state index in [1.54, 1.807) is 0 Å². The fourth-order valence-electron chi connectivity index (χ4n) is 4.35. The number of hydrogen-bond acceptors (Lipinski definition) is 4. The van der Waals surface area contributed by atoms with Gasteiger partial charge in [0, 0.05) is 50.6 Å². The Balaban J connectivity index is 1.98. The molecule has 4 fully saturated rings. The number of hydrogen-bond donors (Lipinski definition) is 1. The smallest absolute Gasteiger partial charge is 0.164 e. The molecule has 0 aromatic carbocycles. The first-order valence-corrected chi connectivity index (χ1v) is 7.22. The molecule has 0 spiro atoms. The van der Waals surface area contributed by atoms with E-state index in [2.05, 4.69) is 22.8 Å². The van der Waals surface area contributed by atoms with Crippen molar-refractivity contribution in [1.29, 1.82) is 5.26 Å². The highest BCUT2D eigenvalue weighted by atomic mass is 16.3. The van der Waals surface area contributed by atoms with Gasteiger partial charge >= 0.3 is 0 Å². The molecule has 0 aromatic heterocycles. The van der Waals surface area contributed by atoms with Gasteiger partial charge in [-0.15, -0.1) is 0 Å². The number of rotatable bonds is 3. The molecule has 4 aliphatic heterocycles. The second-order valence-corrected chi connectivity index (χ2v) is 6.43. The Bertz CT molecular complexity index is 362. The molecule has 4 bridgehead atoms. The van der Waals surface area contributed by atoms with Gasteiger partial charge in [-0.2, -0.15) is 5.26 Å². The van der Waals surface area contributed by atoms with E-state index in [4.69, 9.17) is 0 Å². The SMILES string of the molecule is CCCCC12CN3CCN(CC(C3)C1(O)C#N)C2. The van der Waals surface area contributed by atoms with Gasteiger partial charge in [-0.25, -0.2) is 0 Å².